The van der Waals surface area contributed by atoms with Gasteiger partial charge in [0.1, 0.15) is 11.5 Å². The molecule has 0 fully saturated rings. The van der Waals surface area contributed by atoms with Crippen LogP contribution in [-0.2, 0) is 5.41 Å². The van der Waals surface area contributed by atoms with Crippen LogP contribution in [0.25, 0.3) is 50.6 Å². The molecule has 1 aromatic heterocycles. The van der Waals surface area contributed by atoms with E-state index in [1.807, 2.05) is 18.2 Å². The lowest BCUT2D eigenvalue weighted by molar-refractivity contribution is 0.436. The molecule has 0 bridgehead atoms. The molecular weight excluding hydrogens is 611 g/mol. The summed E-state index contributed by atoms with van der Waals surface area (Å²) in [4.78, 5) is 10.2. The van der Waals surface area contributed by atoms with Gasteiger partial charge in [0.25, 0.3) is 0 Å². The van der Waals surface area contributed by atoms with Gasteiger partial charge in [-0.2, -0.15) is 0 Å². The highest BCUT2D eigenvalue weighted by Crippen LogP contribution is 2.62. The van der Waals surface area contributed by atoms with Crippen LogP contribution in [0.1, 0.15) is 27.9 Å². The van der Waals surface area contributed by atoms with E-state index in [-0.39, 0.29) is 0 Å². The van der Waals surface area contributed by atoms with Gasteiger partial charge in [0.2, 0.25) is 0 Å². The van der Waals surface area contributed by atoms with Crippen molar-refractivity contribution in [2.24, 2.45) is 0 Å². The molecule has 236 valence electrons. The molecule has 4 heteroatoms. The number of benzene rings is 6. The second-order valence-corrected chi connectivity index (χ2v) is 12.9. The Hall–Kier alpha value is -6.52. The predicted molar refractivity (Wildman–Crippen MR) is 201 cm³/mol. The molecule has 50 heavy (non-hydrogen) atoms. The van der Waals surface area contributed by atoms with Gasteiger partial charge in [0.15, 0.2) is 5.82 Å². The third kappa shape index (κ3) is 4.25. The Kier molecular flexibility index (Phi) is 6.43. The molecule has 4 nitrogen and oxygen atoms in total. The van der Waals surface area contributed by atoms with Crippen LogP contribution >= 0.6 is 0 Å². The third-order valence-corrected chi connectivity index (χ3v) is 10.2. The Labute approximate surface area is 291 Å². The van der Waals surface area contributed by atoms with Crippen molar-refractivity contribution < 1.29 is 4.74 Å². The largest absolute Gasteiger partial charge is 0.457 e. The Balaban J connectivity index is 1.17. The second-order valence-electron chi connectivity index (χ2n) is 12.9. The average molecular weight is 642 g/mol. The summed E-state index contributed by atoms with van der Waals surface area (Å²) >= 11 is 0. The zero-order valence-corrected chi connectivity index (χ0v) is 27.2. The molecular formula is C46H31N3O. The fourth-order valence-electron chi connectivity index (χ4n) is 8.06. The van der Waals surface area contributed by atoms with E-state index in [0.29, 0.717) is 5.82 Å². The lowest BCUT2D eigenvalue weighted by atomic mass is 9.66. The minimum Gasteiger partial charge on any atom is -0.457 e. The first-order valence-electron chi connectivity index (χ1n) is 17.1. The van der Waals surface area contributed by atoms with E-state index in [9.17, 15) is 0 Å². The highest BCUT2D eigenvalue weighted by molar-refractivity contribution is 5.90. The van der Waals surface area contributed by atoms with Gasteiger partial charge in [-0.25, -0.2) is 9.97 Å². The van der Waals surface area contributed by atoms with Gasteiger partial charge in [-0.05, 0) is 57.7 Å². The zero-order chi connectivity index (χ0) is 33.1. The lowest BCUT2D eigenvalue weighted by Crippen LogP contribution is -2.32. The molecule has 0 saturated heterocycles. The van der Waals surface area contributed by atoms with Gasteiger partial charge in [-0.15, -0.1) is 0 Å². The lowest BCUT2D eigenvalue weighted by Gasteiger charge is -2.39. The maximum absolute atomic E-state index is 6.83. The van der Waals surface area contributed by atoms with E-state index in [4.69, 9.17) is 14.7 Å². The van der Waals surface area contributed by atoms with E-state index < -0.39 is 5.41 Å². The topological polar surface area (TPSA) is 47.0 Å². The molecule has 1 spiro atoms. The van der Waals surface area contributed by atoms with Crippen LogP contribution in [0.4, 0.5) is 0 Å². The van der Waals surface area contributed by atoms with Crippen LogP contribution in [0.15, 0.2) is 170 Å². The Morgan fingerprint density at radius 2 is 1.12 bits per heavy atom. The number of fused-ring (bicyclic) bond motifs is 9. The van der Waals surface area contributed by atoms with Gasteiger partial charge in [-0.1, -0.05) is 146 Å². The number of nitrogens with zero attached hydrogens (tertiary/aromatic N) is 2. The van der Waals surface area contributed by atoms with Gasteiger partial charge < -0.3 is 10.1 Å². The Morgan fingerprint density at radius 1 is 0.500 bits per heavy atom. The van der Waals surface area contributed by atoms with Gasteiger partial charge in [-0.3, -0.25) is 0 Å². The SMILES string of the molecule is C1=CCNC(c2cc(-c3ccccc3-c3ccc4c(c3)Oc3ccccc3C43c4ccccc4-c4ccccc43)nc(-c3ccccc3)n2)=C1. The summed E-state index contributed by atoms with van der Waals surface area (Å²) in [6, 6.07) is 53.7. The van der Waals surface area contributed by atoms with Crippen molar-refractivity contribution in [3.63, 3.8) is 0 Å². The van der Waals surface area contributed by atoms with Crippen LogP contribution in [0.5, 0.6) is 11.5 Å². The van der Waals surface area contributed by atoms with Crippen LogP contribution in [-0.4, -0.2) is 16.5 Å². The number of dihydropyridines is 1. The highest BCUT2D eigenvalue weighted by atomic mass is 16.5. The smallest absolute Gasteiger partial charge is 0.160 e. The average Bonchev–Trinajstić information content (AvgIpc) is 3.49. The molecule has 0 atom stereocenters. The fourth-order valence-corrected chi connectivity index (χ4v) is 8.06. The van der Waals surface area contributed by atoms with Crippen LogP contribution in [0, 0.1) is 0 Å². The van der Waals surface area contributed by atoms with Crippen molar-refractivity contribution in [2.45, 2.75) is 5.41 Å². The molecule has 0 radical (unpaired) electrons. The van der Waals surface area contributed by atoms with Crippen LogP contribution < -0.4 is 10.1 Å². The van der Waals surface area contributed by atoms with Gasteiger partial charge in [0, 0.05) is 28.8 Å². The van der Waals surface area contributed by atoms with E-state index in [1.165, 1.54) is 27.8 Å². The Morgan fingerprint density at radius 3 is 1.86 bits per heavy atom. The normalized spacial score (nSPS) is 14.4. The van der Waals surface area contributed by atoms with Crippen molar-refractivity contribution in [1.29, 1.82) is 0 Å². The van der Waals surface area contributed by atoms with Crippen molar-refractivity contribution in [2.75, 3.05) is 6.54 Å². The summed E-state index contributed by atoms with van der Waals surface area (Å²) in [5, 5.41) is 3.49. The van der Waals surface area contributed by atoms with Gasteiger partial charge >= 0.3 is 0 Å². The van der Waals surface area contributed by atoms with Crippen molar-refractivity contribution in [1.82, 2.24) is 15.3 Å². The monoisotopic (exact) mass is 641 g/mol. The first-order chi connectivity index (χ1) is 24.8. The molecule has 10 rings (SSSR count). The molecule has 6 aromatic carbocycles. The van der Waals surface area contributed by atoms with E-state index in [1.54, 1.807) is 0 Å². The van der Waals surface area contributed by atoms with Crippen LogP contribution in [0.2, 0.25) is 0 Å². The molecule has 3 aliphatic rings. The maximum Gasteiger partial charge on any atom is 0.160 e. The third-order valence-electron chi connectivity index (χ3n) is 10.2. The molecule has 7 aromatic rings. The second kappa shape index (κ2) is 11.3. The summed E-state index contributed by atoms with van der Waals surface area (Å²) in [6.45, 7) is 0.761. The van der Waals surface area contributed by atoms with E-state index in [0.717, 1.165) is 62.9 Å². The van der Waals surface area contributed by atoms with E-state index in [2.05, 4.69) is 157 Å². The molecule has 0 unspecified atom stereocenters. The summed E-state index contributed by atoms with van der Waals surface area (Å²) < 4.78 is 6.83. The Bertz CT molecular complexity index is 2480. The maximum atomic E-state index is 6.83. The quantitative estimate of drug-likeness (QED) is 0.208. The van der Waals surface area contributed by atoms with Crippen LogP contribution in [0.3, 0.4) is 0 Å². The minimum absolute atomic E-state index is 0.489. The number of allylic oxidation sites excluding steroid dienone is 2. The molecule has 1 aliphatic carbocycles. The first kappa shape index (κ1) is 28.5. The molecule has 0 saturated carbocycles. The number of hydrogen-bond donors (Lipinski definition) is 1. The molecule has 3 heterocycles. The molecule has 1 N–H and O–H groups in total. The zero-order valence-electron chi connectivity index (χ0n) is 27.2. The summed E-state index contributed by atoms with van der Waals surface area (Å²) in [6.07, 6.45) is 6.25. The van der Waals surface area contributed by atoms with Gasteiger partial charge in [0.05, 0.1) is 22.5 Å². The van der Waals surface area contributed by atoms with Crippen molar-refractivity contribution in [3.05, 3.63) is 198 Å². The predicted octanol–water partition coefficient (Wildman–Crippen LogP) is 10.4. The number of rotatable bonds is 4. The summed E-state index contributed by atoms with van der Waals surface area (Å²) in [7, 11) is 0. The van der Waals surface area contributed by atoms with Crippen molar-refractivity contribution >= 4 is 5.70 Å². The summed E-state index contributed by atoms with van der Waals surface area (Å²) in [5.41, 5.74) is 13.8. The number of aromatic nitrogens is 2. The molecule has 2 aliphatic heterocycles. The fraction of sp³-hybridized carbons (Fsp3) is 0.0435. The number of ether oxygens (including phenoxy) is 1. The summed E-state index contributed by atoms with van der Waals surface area (Å²) in [5.74, 6) is 2.43. The van der Waals surface area contributed by atoms with E-state index >= 15 is 0 Å². The number of para-hydroxylation sites is 1. The minimum atomic E-state index is -0.489. The number of nitrogens with one attached hydrogen (secondary N) is 1. The standard InChI is InChI=1S/C46H31N3O/c1-2-14-30(15-3-1)45-48-41(29-42(49-45)40-23-12-13-27-47-40)35-19-5-4-16-32(35)31-25-26-39-44(28-31)50-43-24-11-10-22-38(43)46(39)36-20-8-6-17-33(36)34-18-7-9-21-37(34)46/h1-26,28-29,47H,27H2. The van der Waals surface area contributed by atoms with Crippen molar-refractivity contribution in [3.8, 4) is 56.4 Å². The highest BCUT2D eigenvalue weighted by Gasteiger charge is 2.50. The first-order valence-corrected chi connectivity index (χ1v) is 17.1. The molecule has 0 amide bonds. The number of hydrogen-bond acceptors (Lipinski definition) is 4.